The molecule has 0 saturated carbocycles. The minimum atomic E-state index is 0.309. The first-order valence-electron chi connectivity index (χ1n) is 22.8. The highest BCUT2D eigenvalue weighted by molar-refractivity contribution is 5.80. The third-order valence-electron chi connectivity index (χ3n) is 15.2. The topological polar surface area (TPSA) is 6.48 Å². The summed E-state index contributed by atoms with van der Waals surface area (Å²) in [5.41, 5.74) is 9.91. The van der Waals surface area contributed by atoms with Gasteiger partial charge in [-0.2, -0.15) is 0 Å². The van der Waals surface area contributed by atoms with E-state index in [2.05, 4.69) is 174 Å². The van der Waals surface area contributed by atoms with E-state index in [0.717, 1.165) is 32.1 Å². The minimum absolute atomic E-state index is 0.309. The van der Waals surface area contributed by atoms with Crippen LogP contribution >= 0.6 is 0 Å². The Morgan fingerprint density at radius 3 is 2.26 bits per heavy atom. The summed E-state index contributed by atoms with van der Waals surface area (Å²) >= 11 is 0. The normalized spacial score (nSPS) is 31.9. The van der Waals surface area contributed by atoms with E-state index in [4.69, 9.17) is 0 Å². The van der Waals surface area contributed by atoms with Crippen molar-refractivity contribution < 1.29 is 0 Å². The highest BCUT2D eigenvalue weighted by atomic mass is 15.3. The van der Waals surface area contributed by atoms with E-state index in [1.165, 1.54) is 88.0 Å². The Morgan fingerprint density at radius 1 is 0.569 bits per heavy atom. The van der Waals surface area contributed by atoms with Gasteiger partial charge in [0.05, 0.1) is 6.04 Å². The standard InChI is InChI=1S/C56H58N2/c1-3-17-47-39(13-1)15-11-22-49(47)41-27-33-44(34-28-41)57(45-35-29-42(30-36-45)50-23-12-16-40-14-2-4-18-48(40)50)46-37-31-43(32-38-46)51-19-5-8-24-54(51)58-55-25-9-6-20-52(55)53-21-7-10-26-56(53)58/h1-3,5-7,9,12-17,19-21,23,25,27-31,33-35,37,43,45-46,51-56H,4,8,10-11,18,22,24,26,32,36,38H2. The van der Waals surface area contributed by atoms with Gasteiger partial charge in [0.1, 0.15) is 0 Å². The Morgan fingerprint density at radius 2 is 1.41 bits per heavy atom. The van der Waals surface area contributed by atoms with E-state index < -0.39 is 0 Å². The molecule has 2 heteroatoms. The first kappa shape index (κ1) is 36.2. The molecule has 11 rings (SSSR count). The summed E-state index contributed by atoms with van der Waals surface area (Å²) in [5.74, 6) is 2.43. The van der Waals surface area contributed by atoms with Crippen LogP contribution in [0, 0.1) is 23.7 Å². The maximum absolute atomic E-state index is 3.03. The van der Waals surface area contributed by atoms with Crippen LogP contribution in [0.2, 0.25) is 0 Å². The van der Waals surface area contributed by atoms with Gasteiger partial charge in [0.15, 0.2) is 0 Å². The van der Waals surface area contributed by atoms with Gasteiger partial charge in [0.2, 0.25) is 0 Å². The highest BCUT2D eigenvalue weighted by Crippen LogP contribution is 2.48. The van der Waals surface area contributed by atoms with Gasteiger partial charge >= 0.3 is 0 Å². The molecule has 8 aliphatic rings. The number of rotatable bonds is 7. The van der Waals surface area contributed by atoms with Crippen molar-refractivity contribution in [2.24, 2.45) is 23.7 Å². The summed E-state index contributed by atoms with van der Waals surface area (Å²) < 4.78 is 0. The second kappa shape index (κ2) is 15.7. The smallest absolute Gasteiger partial charge is 0.0517 e. The second-order valence-electron chi connectivity index (χ2n) is 18.2. The Labute approximate surface area is 346 Å². The monoisotopic (exact) mass is 758 g/mol. The molecule has 2 nitrogen and oxygen atoms in total. The van der Waals surface area contributed by atoms with Crippen LogP contribution in [0.1, 0.15) is 86.5 Å². The maximum Gasteiger partial charge on any atom is 0.0517 e. The average Bonchev–Trinajstić information content (AvgIpc) is 3.64. The van der Waals surface area contributed by atoms with E-state index in [9.17, 15) is 0 Å². The summed E-state index contributed by atoms with van der Waals surface area (Å²) in [5, 5.41) is 2.78. The van der Waals surface area contributed by atoms with Crippen molar-refractivity contribution in [1.29, 1.82) is 0 Å². The van der Waals surface area contributed by atoms with Crippen molar-refractivity contribution in [1.82, 2.24) is 4.90 Å². The van der Waals surface area contributed by atoms with Crippen LogP contribution in [0.25, 0.3) is 23.3 Å². The molecule has 1 fully saturated rings. The largest absolute Gasteiger partial charge is 0.358 e. The minimum Gasteiger partial charge on any atom is -0.358 e. The molecule has 58 heavy (non-hydrogen) atoms. The molecule has 0 radical (unpaired) electrons. The number of benzene rings is 3. The Hall–Kier alpha value is -4.92. The van der Waals surface area contributed by atoms with Crippen LogP contribution in [0.15, 0.2) is 152 Å². The number of likely N-dealkylation sites (tertiary alicyclic amines) is 1. The van der Waals surface area contributed by atoms with Crippen molar-refractivity contribution in [3.05, 3.63) is 184 Å². The van der Waals surface area contributed by atoms with Crippen LogP contribution in [-0.4, -0.2) is 35.1 Å². The average molecular weight is 759 g/mol. The van der Waals surface area contributed by atoms with Crippen LogP contribution < -0.4 is 15.3 Å². The molecule has 0 bridgehead atoms. The summed E-state index contributed by atoms with van der Waals surface area (Å²) in [7, 11) is 0. The molecule has 1 heterocycles. The van der Waals surface area contributed by atoms with Gasteiger partial charge in [0.25, 0.3) is 0 Å². The zero-order valence-electron chi connectivity index (χ0n) is 34.0. The molecule has 0 N–H and O–H groups in total. The summed E-state index contributed by atoms with van der Waals surface area (Å²) in [6, 6.07) is 28.0. The predicted molar refractivity (Wildman–Crippen MR) is 244 cm³/mol. The van der Waals surface area contributed by atoms with Crippen LogP contribution in [-0.2, 0) is 6.42 Å². The first-order chi connectivity index (χ1) is 28.8. The van der Waals surface area contributed by atoms with Gasteiger partial charge in [0, 0.05) is 41.7 Å². The van der Waals surface area contributed by atoms with Gasteiger partial charge in [-0.05, 0) is 138 Å². The third-order valence-corrected chi connectivity index (χ3v) is 15.2. The fraction of sp³-hybridized carbons (Fsp3) is 0.357. The lowest BCUT2D eigenvalue weighted by Gasteiger charge is -2.46. The van der Waals surface area contributed by atoms with Gasteiger partial charge in [-0.25, -0.2) is 0 Å². The fourth-order valence-corrected chi connectivity index (χ4v) is 12.5. The molecule has 3 aromatic carbocycles. The number of fused-ring (bicyclic) bond motifs is 5. The first-order valence-corrected chi connectivity index (χ1v) is 22.8. The summed E-state index contributed by atoms with van der Waals surface area (Å²) in [6.07, 6.45) is 52.6. The lowest BCUT2D eigenvalue weighted by molar-refractivity contribution is 0.0767. The van der Waals surface area contributed by atoms with E-state index in [0.29, 0.717) is 53.9 Å². The van der Waals surface area contributed by atoms with Gasteiger partial charge in [-0.15, -0.1) is 0 Å². The lowest BCUT2D eigenvalue weighted by Crippen LogP contribution is -2.51. The lowest BCUT2D eigenvalue weighted by atomic mass is 9.74. The van der Waals surface area contributed by atoms with Gasteiger partial charge < -0.3 is 4.90 Å². The number of hydrogen-bond donors (Lipinski definition) is 0. The molecule has 0 spiro atoms. The summed E-state index contributed by atoms with van der Waals surface area (Å²) in [4.78, 5) is 5.80. The van der Waals surface area contributed by atoms with Crippen molar-refractivity contribution in [3.8, 4) is 0 Å². The Kier molecular flexibility index (Phi) is 9.78. The number of hydrogen-bond acceptors (Lipinski definition) is 2. The fourth-order valence-electron chi connectivity index (χ4n) is 12.5. The van der Waals surface area contributed by atoms with Gasteiger partial charge in [-0.3, -0.25) is 4.90 Å². The maximum atomic E-state index is 3.03. The third kappa shape index (κ3) is 6.53. The molecule has 7 aliphatic carbocycles. The molecular weight excluding hydrogens is 701 g/mol. The van der Waals surface area contributed by atoms with Crippen molar-refractivity contribution in [2.75, 3.05) is 4.90 Å². The number of allylic oxidation sites excluding steroid dienone is 8. The zero-order valence-corrected chi connectivity index (χ0v) is 34.0. The van der Waals surface area contributed by atoms with Crippen LogP contribution in [0.3, 0.4) is 0 Å². The van der Waals surface area contributed by atoms with Crippen molar-refractivity contribution >= 4 is 29.0 Å². The summed E-state index contributed by atoms with van der Waals surface area (Å²) in [6.45, 7) is 0. The van der Waals surface area contributed by atoms with Crippen LogP contribution in [0.4, 0.5) is 5.69 Å². The second-order valence-corrected chi connectivity index (χ2v) is 18.2. The Balaban J connectivity index is 0.895. The molecular formula is C56H58N2. The quantitative estimate of drug-likeness (QED) is 0.221. The van der Waals surface area contributed by atoms with E-state index in [1.807, 2.05) is 0 Å². The molecule has 3 aromatic rings. The number of anilines is 1. The molecule has 9 unspecified atom stereocenters. The van der Waals surface area contributed by atoms with Gasteiger partial charge in [-0.1, -0.05) is 152 Å². The molecule has 1 aliphatic heterocycles. The molecule has 9 atom stereocenters. The molecule has 1 saturated heterocycles. The zero-order chi connectivity index (χ0) is 38.4. The SMILES string of the molecule is C1=CC2C3C=CCCC3N(C3CCC=CC3C3C=CC(N(c4ccc(C5=c6ccccc6=CCC5)cc4)C4C=CC(c5cccc6c5CCC=C6)=CC4)CC3)C2C=C1. The Bertz CT molecular complexity index is 2410. The molecule has 292 valence electrons. The molecule has 0 aromatic heterocycles. The predicted octanol–water partition coefficient (Wildman–Crippen LogP) is 11.1. The van der Waals surface area contributed by atoms with Crippen LogP contribution in [0.5, 0.6) is 0 Å². The van der Waals surface area contributed by atoms with E-state index >= 15 is 0 Å². The van der Waals surface area contributed by atoms with Crippen molar-refractivity contribution in [3.63, 3.8) is 0 Å². The van der Waals surface area contributed by atoms with Crippen molar-refractivity contribution in [2.45, 2.75) is 101 Å². The molecule has 0 amide bonds. The number of nitrogens with zero attached hydrogens (tertiary/aromatic N) is 2. The van der Waals surface area contributed by atoms with E-state index in [-0.39, 0.29) is 0 Å². The van der Waals surface area contributed by atoms with E-state index in [1.54, 1.807) is 0 Å². The highest BCUT2D eigenvalue weighted by Gasteiger charge is 2.51.